The van der Waals surface area contributed by atoms with Crippen LogP contribution in [0, 0.1) is 10.1 Å². The standard InChI is InChI=1S/C10H8N2O3S/c13-9(10-11-5-6-16-10)7-3-1-2-4-8(7)12(14)15/h1-6,9,13H. The van der Waals surface area contributed by atoms with E-state index >= 15 is 0 Å². The maximum atomic E-state index is 10.8. The molecule has 0 fully saturated rings. The molecule has 1 aromatic carbocycles. The molecule has 0 bridgehead atoms. The first-order valence-corrected chi connectivity index (χ1v) is 5.39. The van der Waals surface area contributed by atoms with Gasteiger partial charge in [0.15, 0.2) is 0 Å². The minimum atomic E-state index is -1.04. The highest BCUT2D eigenvalue weighted by molar-refractivity contribution is 7.09. The van der Waals surface area contributed by atoms with Gasteiger partial charge < -0.3 is 5.11 Å². The highest BCUT2D eigenvalue weighted by Crippen LogP contribution is 2.30. The summed E-state index contributed by atoms with van der Waals surface area (Å²) in [4.78, 5) is 14.2. The lowest BCUT2D eigenvalue weighted by atomic mass is 10.1. The van der Waals surface area contributed by atoms with E-state index in [0.29, 0.717) is 5.01 Å². The molecule has 1 heterocycles. The van der Waals surface area contributed by atoms with Gasteiger partial charge in [-0.25, -0.2) is 4.98 Å². The number of benzene rings is 1. The fraction of sp³-hybridized carbons (Fsp3) is 0.100. The van der Waals surface area contributed by atoms with Crippen molar-refractivity contribution in [3.63, 3.8) is 0 Å². The monoisotopic (exact) mass is 236 g/mol. The molecule has 2 rings (SSSR count). The summed E-state index contributed by atoms with van der Waals surface area (Å²) in [6.45, 7) is 0. The fourth-order valence-corrected chi connectivity index (χ4v) is 2.03. The molecular weight excluding hydrogens is 228 g/mol. The Morgan fingerprint density at radius 3 is 2.81 bits per heavy atom. The number of para-hydroxylation sites is 1. The Hall–Kier alpha value is -1.79. The van der Waals surface area contributed by atoms with Crippen LogP contribution in [0.4, 0.5) is 5.69 Å². The number of aromatic nitrogens is 1. The molecular formula is C10H8N2O3S. The number of nitrogens with zero attached hydrogens (tertiary/aromatic N) is 2. The van der Waals surface area contributed by atoms with Gasteiger partial charge >= 0.3 is 0 Å². The van der Waals surface area contributed by atoms with E-state index in [4.69, 9.17) is 0 Å². The molecule has 1 N–H and O–H groups in total. The normalized spacial score (nSPS) is 12.3. The summed E-state index contributed by atoms with van der Waals surface area (Å²) in [5, 5.41) is 22.9. The number of nitro groups is 1. The van der Waals surface area contributed by atoms with Gasteiger partial charge in [-0.05, 0) is 6.07 Å². The number of rotatable bonds is 3. The molecule has 5 nitrogen and oxygen atoms in total. The first-order valence-electron chi connectivity index (χ1n) is 4.51. The molecule has 0 spiro atoms. The van der Waals surface area contributed by atoms with Crippen molar-refractivity contribution in [2.45, 2.75) is 6.10 Å². The molecule has 16 heavy (non-hydrogen) atoms. The zero-order valence-corrected chi connectivity index (χ0v) is 8.92. The Kier molecular flexibility index (Phi) is 2.93. The van der Waals surface area contributed by atoms with E-state index in [0.717, 1.165) is 0 Å². The lowest BCUT2D eigenvalue weighted by Gasteiger charge is -2.07. The van der Waals surface area contributed by atoms with E-state index in [-0.39, 0.29) is 11.3 Å². The van der Waals surface area contributed by atoms with Crippen molar-refractivity contribution in [2.24, 2.45) is 0 Å². The van der Waals surface area contributed by atoms with Gasteiger partial charge in [0.2, 0.25) is 0 Å². The van der Waals surface area contributed by atoms with Gasteiger partial charge in [-0.15, -0.1) is 11.3 Å². The zero-order chi connectivity index (χ0) is 11.5. The van der Waals surface area contributed by atoms with Crippen LogP contribution in [0.1, 0.15) is 16.7 Å². The Balaban J connectivity index is 2.44. The van der Waals surface area contributed by atoms with Crippen molar-refractivity contribution in [1.29, 1.82) is 0 Å². The van der Waals surface area contributed by atoms with Crippen molar-refractivity contribution < 1.29 is 10.0 Å². The molecule has 1 aromatic heterocycles. The van der Waals surface area contributed by atoms with Gasteiger partial charge in [-0.2, -0.15) is 0 Å². The smallest absolute Gasteiger partial charge is 0.275 e. The second-order valence-corrected chi connectivity index (χ2v) is 4.01. The van der Waals surface area contributed by atoms with Crippen LogP contribution in [0.15, 0.2) is 35.8 Å². The minimum absolute atomic E-state index is 0.0924. The largest absolute Gasteiger partial charge is 0.381 e. The van der Waals surface area contributed by atoms with E-state index in [1.807, 2.05) is 0 Å². The summed E-state index contributed by atoms with van der Waals surface area (Å²) in [5.74, 6) is 0. The third-order valence-corrected chi connectivity index (χ3v) is 2.94. The Morgan fingerprint density at radius 1 is 1.44 bits per heavy atom. The minimum Gasteiger partial charge on any atom is -0.381 e. The van der Waals surface area contributed by atoms with Crippen LogP contribution in [0.5, 0.6) is 0 Å². The highest BCUT2D eigenvalue weighted by atomic mass is 32.1. The van der Waals surface area contributed by atoms with Gasteiger partial charge in [-0.3, -0.25) is 10.1 Å². The second-order valence-electron chi connectivity index (χ2n) is 3.09. The molecule has 6 heteroatoms. The molecule has 0 amide bonds. The van der Waals surface area contributed by atoms with Crippen LogP contribution >= 0.6 is 11.3 Å². The number of nitro benzene ring substituents is 1. The van der Waals surface area contributed by atoms with Gasteiger partial charge in [0, 0.05) is 17.6 Å². The average molecular weight is 236 g/mol. The lowest BCUT2D eigenvalue weighted by molar-refractivity contribution is -0.386. The summed E-state index contributed by atoms with van der Waals surface area (Å²) >= 11 is 1.26. The molecule has 0 saturated heterocycles. The first kappa shape index (κ1) is 10.7. The van der Waals surface area contributed by atoms with Crippen molar-refractivity contribution in [2.75, 3.05) is 0 Å². The maximum absolute atomic E-state index is 10.8. The van der Waals surface area contributed by atoms with Crippen LogP contribution in [-0.2, 0) is 0 Å². The van der Waals surface area contributed by atoms with Crippen molar-refractivity contribution in [1.82, 2.24) is 4.98 Å². The molecule has 1 unspecified atom stereocenters. The summed E-state index contributed by atoms with van der Waals surface area (Å²) in [6, 6.07) is 6.12. The quantitative estimate of drug-likeness (QED) is 0.654. The maximum Gasteiger partial charge on any atom is 0.275 e. The molecule has 0 saturated carbocycles. The molecule has 0 radical (unpaired) electrons. The van der Waals surface area contributed by atoms with E-state index in [9.17, 15) is 15.2 Å². The summed E-state index contributed by atoms with van der Waals surface area (Å²) < 4.78 is 0. The number of aliphatic hydroxyl groups excluding tert-OH is 1. The topological polar surface area (TPSA) is 76.3 Å². The number of hydrogen-bond donors (Lipinski definition) is 1. The predicted molar refractivity (Wildman–Crippen MR) is 59.3 cm³/mol. The number of hydrogen-bond acceptors (Lipinski definition) is 5. The van der Waals surface area contributed by atoms with E-state index < -0.39 is 11.0 Å². The Labute approximate surface area is 95.2 Å². The van der Waals surface area contributed by atoms with Crippen LogP contribution in [0.25, 0.3) is 0 Å². The third kappa shape index (κ3) is 1.93. The van der Waals surface area contributed by atoms with Gasteiger partial charge in [0.05, 0.1) is 10.5 Å². The fourth-order valence-electron chi connectivity index (χ4n) is 1.39. The molecule has 82 valence electrons. The molecule has 2 aromatic rings. The number of thiazole rings is 1. The average Bonchev–Trinajstić information content (AvgIpc) is 2.81. The van der Waals surface area contributed by atoms with Crippen LogP contribution < -0.4 is 0 Å². The third-order valence-electron chi connectivity index (χ3n) is 2.11. The molecule has 0 aliphatic carbocycles. The predicted octanol–water partition coefficient (Wildman–Crippen LogP) is 2.13. The lowest BCUT2D eigenvalue weighted by Crippen LogP contribution is -2.03. The van der Waals surface area contributed by atoms with Crippen molar-refractivity contribution in [3.8, 4) is 0 Å². The summed E-state index contributed by atoms with van der Waals surface area (Å²) in [7, 11) is 0. The van der Waals surface area contributed by atoms with E-state index in [2.05, 4.69) is 4.98 Å². The van der Waals surface area contributed by atoms with Gasteiger partial charge in [0.25, 0.3) is 5.69 Å². The second kappa shape index (κ2) is 4.38. The molecule has 1 atom stereocenters. The zero-order valence-electron chi connectivity index (χ0n) is 8.11. The van der Waals surface area contributed by atoms with E-state index in [1.165, 1.54) is 23.5 Å². The van der Waals surface area contributed by atoms with Gasteiger partial charge in [0.1, 0.15) is 11.1 Å². The van der Waals surface area contributed by atoms with Crippen LogP contribution in [-0.4, -0.2) is 15.0 Å². The first-order chi connectivity index (χ1) is 7.70. The molecule has 0 aliphatic rings. The van der Waals surface area contributed by atoms with Crippen molar-refractivity contribution >= 4 is 17.0 Å². The highest BCUT2D eigenvalue weighted by Gasteiger charge is 2.22. The Bertz CT molecular complexity index is 499. The molecule has 0 aliphatic heterocycles. The summed E-state index contributed by atoms with van der Waals surface area (Å²) in [5.41, 5.74) is 0.174. The SMILES string of the molecule is O=[N+]([O-])c1ccccc1C(O)c1nccs1. The van der Waals surface area contributed by atoms with Crippen LogP contribution in [0.2, 0.25) is 0 Å². The van der Waals surface area contributed by atoms with Crippen molar-refractivity contribution in [3.05, 3.63) is 56.5 Å². The van der Waals surface area contributed by atoms with Crippen LogP contribution in [0.3, 0.4) is 0 Å². The number of aliphatic hydroxyl groups is 1. The van der Waals surface area contributed by atoms with E-state index in [1.54, 1.807) is 23.7 Å². The Morgan fingerprint density at radius 2 is 2.19 bits per heavy atom. The van der Waals surface area contributed by atoms with Gasteiger partial charge in [-0.1, -0.05) is 12.1 Å². The summed E-state index contributed by atoms with van der Waals surface area (Å²) in [6.07, 6.45) is 0.513.